The average molecular weight is 384 g/mol. The second kappa shape index (κ2) is 12.3. The van der Waals surface area contributed by atoms with E-state index in [2.05, 4.69) is 36.3 Å². The molecular formula is C17H35Cl2N3O2. The largest absolute Gasteiger partial charge is 0.373 e. The van der Waals surface area contributed by atoms with Gasteiger partial charge in [0.2, 0.25) is 5.91 Å². The third kappa shape index (κ3) is 8.34. The van der Waals surface area contributed by atoms with Crippen molar-refractivity contribution in [2.75, 3.05) is 32.7 Å². The van der Waals surface area contributed by atoms with Crippen LogP contribution in [-0.4, -0.2) is 61.8 Å². The fraction of sp³-hybridized carbons (Fsp3) is 0.941. The molecular weight excluding hydrogens is 349 g/mol. The number of amides is 1. The summed E-state index contributed by atoms with van der Waals surface area (Å²) in [6, 6.07) is 0.467. The molecule has 2 N–H and O–H groups in total. The lowest BCUT2D eigenvalue weighted by molar-refractivity contribution is -0.126. The number of ether oxygens (including phenoxy) is 1. The van der Waals surface area contributed by atoms with Gasteiger partial charge in [0.05, 0.1) is 12.2 Å². The van der Waals surface area contributed by atoms with Crippen LogP contribution in [0.3, 0.4) is 0 Å². The molecule has 0 saturated carbocycles. The maximum atomic E-state index is 12.1. The molecule has 1 amide bonds. The van der Waals surface area contributed by atoms with Crippen LogP contribution in [0.25, 0.3) is 0 Å². The second-order valence-electron chi connectivity index (χ2n) is 7.09. The summed E-state index contributed by atoms with van der Waals surface area (Å²) in [5, 5.41) is 6.51. The third-order valence-corrected chi connectivity index (χ3v) is 4.69. The van der Waals surface area contributed by atoms with Crippen molar-refractivity contribution in [3.63, 3.8) is 0 Å². The first-order chi connectivity index (χ1) is 10.5. The van der Waals surface area contributed by atoms with Crippen molar-refractivity contribution in [3.05, 3.63) is 0 Å². The minimum Gasteiger partial charge on any atom is -0.373 e. The number of unbranched alkanes of at least 4 members (excludes halogenated alkanes) is 1. The molecule has 144 valence electrons. The fourth-order valence-corrected chi connectivity index (χ4v) is 3.65. The highest BCUT2D eigenvalue weighted by atomic mass is 35.5. The number of nitrogens with zero attached hydrogens (tertiary/aromatic N) is 1. The number of hydrogen-bond donors (Lipinski definition) is 2. The van der Waals surface area contributed by atoms with Crippen molar-refractivity contribution >= 4 is 30.7 Å². The monoisotopic (exact) mass is 383 g/mol. The van der Waals surface area contributed by atoms with Gasteiger partial charge < -0.3 is 15.4 Å². The second-order valence-corrected chi connectivity index (χ2v) is 7.09. The van der Waals surface area contributed by atoms with Crippen molar-refractivity contribution in [2.45, 2.75) is 64.7 Å². The molecule has 0 aromatic carbocycles. The van der Waals surface area contributed by atoms with E-state index < -0.39 is 0 Å². The average Bonchev–Trinajstić information content (AvgIpc) is 2.45. The smallest absolute Gasteiger partial charge is 0.223 e. The Morgan fingerprint density at radius 2 is 1.83 bits per heavy atom. The first-order valence-electron chi connectivity index (χ1n) is 8.93. The number of carbonyl (C=O) groups excluding carboxylic acids is 1. The number of nitrogens with one attached hydrogen (secondary N) is 2. The molecule has 0 radical (unpaired) electrons. The van der Waals surface area contributed by atoms with Crippen molar-refractivity contribution in [1.82, 2.24) is 15.5 Å². The lowest BCUT2D eigenvalue weighted by atomic mass is 9.92. The van der Waals surface area contributed by atoms with Crippen LogP contribution in [0.2, 0.25) is 0 Å². The lowest BCUT2D eigenvalue weighted by Gasteiger charge is -2.35. The van der Waals surface area contributed by atoms with Gasteiger partial charge in [0.15, 0.2) is 0 Å². The van der Waals surface area contributed by atoms with E-state index in [1.54, 1.807) is 0 Å². The molecule has 4 atom stereocenters. The Labute approximate surface area is 159 Å². The van der Waals surface area contributed by atoms with Gasteiger partial charge in [-0.15, -0.1) is 24.8 Å². The predicted molar refractivity (Wildman–Crippen MR) is 103 cm³/mol. The lowest BCUT2D eigenvalue weighted by Crippen LogP contribution is -2.45. The number of rotatable bonds is 6. The van der Waals surface area contributed by atoms with Gasteiger partial charge in [0, 0.05) is 31.6 Å². The Morgan fingerprint density at radius 1 is 1.17 bits per heavy atom. The summed E-state index contributed by atoms with van der Waals surface area (Å²) in [5.74, 6) is 0.458. The molecule has 2 heterocycles. The molecule has 0 aromatic rings. The van der Waals surface area contributed by atoms with Gasteiger partial charge >= 0.3 is 0 Å². The van der Waals surface area contributed by atoms with Crippen LogP contribution < -0.4 is 10.6 Å². The van der Waals surface area contributed by atoms with Crippen LogP contribution in [0.1, 0.15) is 46.5 Å². The van der Waals surface area contributed by atoms with Gasteiger partial charge in [-0.1, -0.05) is 0 Å². The highest BCUT2D eigenvalue weighted by Gasteiger charge is 2.24. The van der Waals surface area contributed by atoms with E-state index >= 15 is 0 Å². The summed E-state index contributed by atoms with van der Waals surface area (Å²) in [6.07, 6.45) is 4.82. The maximum absolute atomic E-state index is 12.1. The zero-order chi connectivity index (χ0) is 15.9. The Hall–Kier alpha value is -0.0700. The zero-order valence-corrected chi connectivity index (χ0v) is 16.9. The van der Waals surface area contributed by atoms with Crippen molar-refractivity contribution in [3.8, 4) is 0 Å². The van der Waals surface area contributed by atoms with E-state index in [-0.39, 0.29) is 36.6 Å². The van der Waals surface area contributed by atoms with E-state index in [4.69, 9.17) is 4.74 Å². The Bertz CT molecular complexity index is 351. The normalized spacial score (nSPS) is 30.8. The molecule has 0 aromatic heterocycles. The van der Waals surface area contributed by atoms with E-state index in [1.165, 1.54) is 0 Å². The van der Waals surface area contributed by atoms with E-state index in [0.717, 1.165) is 58.4 Å². The van der Waals surface area contributed by atoms with E-state index in [0.29, 0.717) is 18.2 Å². The number of morpholine rings is 1. The molecule has 5 nitrogen and oxygen atoms in total. The van der Waals surface area contributed by atoms with Crippen LogP contribution in [0.4, 0.5) is 0 Å². The van der Waals surface area contributed by atoms with Crippen LogP contribution >= 0.6 is 24.8 Å². The van der Waals surface area contributed by atoms with Gasteiger partial charge in [-0.05, 0) is 59.5 Å². The standard InChI is InChI=1S/C17H33N3O2.2ClH/c1-13-10-16(6-8-18-13)17(21)19-7-4-5-9-20-11-14(2)22-15(3)12-20;;/h13-16,18H,4-12H2,1-3H3,(H,19,21);2*1H/t13-,14?,15?,16-;;/m0../s1. The number of halogens is 2. The van der Waals surface area contributed by atoms with Gasteiger partial charge in [0.1, 0.15) is 0 Å². The summed E-state index contributed by atoms with van der Waals surface area (Å²) in [5.41, 5.74) is 0. The molecule has 2 aliphatic heterocycles. The SMILES string of the molecule is CC1CN(CCCCNC(=O)[C@H]2CCN[C@@H](C)C2)CC(C)O1.Cl.Cl. The van der Waals surface area contributed by atoms with Gasteiger partial charge in [-0.2, -0.15) is 0 Å². The van der Waals surface area contributed by atoms with Crippen LogP contribution in [0.15, 0.2) is 0 Å². The molecule has 0 aliphatic carbocycles. The Morgan fingerprint density at radius 3 is 2.46 bits per heavy atom. The third-order valence-electron chi connectivity index (χ3n) is 4.69. The first kappa shape index (κ1) is 23.9. The summed E-state index contributed by atoms with van der Waals surface area (Å²) in [7, 11) is 0. The molecule has 0 spiro atoms. The maximum Gasteiger partial charge on any atom is 0.223 e. The molecule has 0 bridgehead atoms. The van der Waals surface area contributed by atoms with Gasteiger partial charge in [0.25, 0.3) is 0 Å². The molecule has 2 saturated heterocycles. The number of piperidine rings is 1. The summed E-state index contributed by atoms with van der Waals surface area (Å²) in [6.45, 7) is 11.4. The Balaban J connectivity index is 0.00000264. The highest BCUT2D eigenvalue weighted by Crippen LogP contribution is 2.16. The van der Waals surface area contributed by atoms with Crippen LogP contribution in [0.5, 0.6) is 0 Å². The fourth-order valence-electron chi connectivity index (χ4n) is 3.65. The number of hydrogen-bond acceptors (Lipinski definition) is 4. The molecule has 2 rings (SSSR count). The first-order valence-corrected chi connectivity index (χ1v) is 8.93. The highest BCUT2D eigenvalue weighted by molar-refractivity contribution is 5.85. The summed E-state index contributed by atoms with van der Waals surface area (Å²) < 4.78 is 5.75. The predicted octanol–water partition coefficient (Wildman–Crippen LogP) is 2.22. The zero-order valence-electron chi connectivity index (χ0n) is 15.3. The number of carbonyl (C=O) groups is 1. The van der Waals surface area contributed by atoms with Gasteiger partial charge in [-0.3, -0.25) is 9.69 Å². The molecule has 2 fully saturated rings. The minimum atomic E-state index is 0. The molecule has 2 aliphatic rings. The van der Waals surface area contributed by atoms with Crippen LogP contribution in [0, 0.1) is 5.92 Å². The molecule has 24 heavy (non-hydrogen) atoms. The van der Waals surface area contributed by atoms with Crippen molar-refractivity contribution < 1.29 is 9.53 Å². The Kier molecular flexibility index (Phi) is 12.3. The summed E-state index contributed by atoms with van der Waals surface area (Å²) in [4.78, 5) is 14.6. The summed E-state index contributed by atoms with van der Waals surface area (Å²) >= 11 is 0. The molecule has 7 heteroatoms. The van der Waals surface area contributed by atoms with Crippen molar-refractivity contribution in [2.24, 2.45) is 5.92 Å². The van der Waals surface area contributed by atoms with Crippen LogP contribution in [-0.2, 0) is 9.53 Å². The van der Waals surface area contributed by atoms with Gasteiger partial charge in [-0.25, -0.2) is 0 Å². The minimum absolute atomic E-state index is 0. The quantitative estimate of drug-likeness (QED) is 0.690. The van der Waals surface area contributed by atoms with Crippen molar-refractivity contribution in [1.29, 1.82) is 0 Å². The van der Waals surface area contributed by atoms with E-state index in [1.807, 2.05) is 0 Å². The van der Waals surface area contributed by atoms with E-state index in [9.17, 15) is 4.79 Å². The molecule has 2 unspecified atom stereocenters. The topological polar surface area (TPSA) is 53.6 Å².